The standard InChI is InChI=1S/C8H12O4/c1-4-7(9)12-6(2)5-8(10)11-3/h4,6H,1,5H2,2-3H3. The normalized spacial score (nSPS) is 11.5. The molecular weight excluding hydrogens is 160 g/mol. The number of rotatable bonds is 4. The average molecular weight is 172 g/mol. The van der Waals surface area contributed by atoms with Crippen LogP contribution in [0.15, 0.2) is 12.7 Å². The van der Waals surface area contributed by atoms with Gasteiger partial charge in [0.1, 0.15) is 6.10 Å². The van der Waals surface area contributed by atoms with Crippen LogP contribution in [0.3, 0.4) is 0 Å². The summed E-state index contributed by atoms with van der Waals surface area (Å²) in [5.74, 6) is -0.939. The number of hydrogen-bond donors (Lipinski definition) is 0. The molecule has 0 N–H and O–H groups in total. The first kappa shape index (κ1) is 10.7. The van der Waals surface area contributed by atoms with Gasteiger partial charge in [-0.3, -0.25) is 4.79 Å². The summed E-state index contributed by atoms with van der Waals surface area (Å²) in [5, 5.41) is 0. The van der Waals surface area contributed by atoms with E-state index in [1.807, 2.05) is 0 Å². The Balaban J connectivity index is 3.73. The molecule has 0 saturated heterocycles. The van der Waals surface area contributed by atoms with Crippen LogP contribution >= 0.6 is 0 Å². The molecular formula is C8H12O4. The highest BCUT2D eigenvalue weighted by Gasteiger charge is 2.11. The second-order valence-corrected chi connectivity index (χ2v) is 2.23. The van der Waals surface area contributed by atoms with E-state index >= 15 is 0 Å². The molecule has 0 aliphatic rings. The third-order valence-electron chi connectivity index (χ3n) is 1.17. The van der Waals surface area contributed by atoms with E-state index in [0.29, 0.717) is 0 Å². The van der Waals surface area contributed by atoms with Crippen molar-refractivity contribution in [1.82, 2.24) is 0 Å². The molecule has 1 unspecified atom stereocenters. The van der Waals surface area contributed by atoms with Crippen molar-refractivity contribution in [2.24, 2.45) is 0 Å². The number of carbonyl (C=O) groups excluding carboxylic acids is 2. The molecule has 4 nitrogen and oxygen atoms in total. The molecule has 12 heavy (non-hydrogen) atoms. The summed E-state index contributed by atoms with van der Waals surface area (Å²) in [6.07, 6.45) is 0.645. The second-order valence-electron chi connectivity index (χ2n) is 2.23. The van der Waals surface area contributed by atoms with Crippen LogP contribution in [0.25, 0.3) is 0 Å². The Morgan fingerprint density at radius 2 is 2.17 bits per heavy atom. The van der Waals surface area contributed by atoms with Crippen molar-refractivity contribution in [3.8, 4) is 0 Å². The summed E-state index contributed by atoms with van der Waals surface area (Å²) < 4.78 is 9.09. The van der Waals surface area contributed by atoms with Gasteiger partial charge in [0, 0.05) is 6.08 Å². The van der Waals surface area contributed by atoms with Gasteiger partial charge in [-0.05, 0) is 6.92 Å². The molecule has 0 bridgehead atoms. The minimum atomic E-state index is -0.536. The molecule has 1 atom stereocenters. The lowest BCUT2D eigenvalue weighted by atomic mass is 10.3. The lowest BCUT2D eigenvalue weighted by Gasteiger charge is -2.09. The molecule has 0 saturated carbocycles. The number of carbonyl (C=O) groups is 2. The third kappa shape index (κ3) is 4.49. The molecule has 0 radical (unpaired) electrons. The molecule has 0 aromatic heterocycles. The van der Waals surface area contributed by atoms with Gasteiger partial charge in [-0.2, -0.15) is 0 Å². The zero-order valence-corrected chi connectivity index (χ0v) is 7.20. The molecule has 4 heteroatoms. The van der Waals surface area contributed by atoms with Crippen molar-refractivity contribution in [3.05, 3.63) is 12.7 Å². The lowest BCUT2D eigenvalue weighted by Crippen LogP contribution is -2.17. The molecule has 68 valence electrons. The first-order chi connectivity index (χ1) is 5.60. The van der Waals surface area contributed by atoms with Gasteiger partial charge < -0.3 is 9.47 Å². The van der Waals surface area contributed by atoms with E-state index in [1.165, 1.54) is 7.11 Å². The summed E-state index contributed by atoms with van der Waals surface area (Å²) in [6.45, 7) is 4.83. The molecule has 0 heterocycles. The van der Waals surface area contributed by atoms with Crippen LogP contribution in [-0.2, 0) is 19.1 Å². The summed E-state index contributed by atoms with van der Waals surface area (Å²) >= 11 is 0. The van der Waals surface area contributed by atoms with Crippen molar-refractivity contribution in [3.63, 3.8) is 0 Å². The monoisotopic (exact) mass is 172 g/mol. The number of ether oxygens (including phenoxy) is 2. The van der Waals surface area contributed by atoms with E-state index in [4.69, 9.17) is 4.74 Å². The minimum Gasteiger partial charge on any atom is -0.469 e. The van der Waals surface area contributed by atoms with Crippen LogP contribution in [0.5, 0.6) is 0 Å². The number of esters is 2. The van der Waals surface area contributed by atoms with Crippen molar-refractivity contribution in [2.45, 2.75) is 19.4 Å². The van der Waals surface area contributed by atoms with Gasteiger partial charge in [-0.1, -0.05) is 6.58 Å². The van der Waals surface area contributed by atoms with Crippen LogP contribution in [0.4, 0.5) is 0 Å². The van der Waals surface area contributed by atoms with Gasteiger partial charge in [-0.15, -0.1) is 0 Å². The second kappa shape index (κ2) is 5.35. The molecule has 0 aliphatic heterocycles. The third-order valence-corrected chi connectivity index (χ3v) is 1.17. The van der Waals surface area contributed by atoms with E-state index in [1.54, 1.807) is 6.92 Å². The van der Waals surface area contributed by atoms with Gasteiger partial charge in [-0.25, -0.2) is 4.79 Å². The highest BCUT2D eigenvalue weighted by atomic mass is 16.6. The Morgan fingerprint density at radius 3 is 2.58 bits per heavy atom. The van der Waals surface area contributed by atoms with E-state index < -0.39 is 18.0 Å². The molecule has 0 aliphatic carbocycles. The Morgan fingerprint density at radius 1 is 1.58 bits per heavy atom. The minimum absolute atomic E-state index is 0.0656. The highest BCUT2D eigenvalue weighted by molar-refractivity contribution is 5.81. The number of methoxy groups -OCH3 is 1. The number of hydrogen-bond acceptors (Lipinski definition) is 4. The summed E-state index contributed by atoms with van der Waals surface area (Å²) in [6, 6.07) is 0. The summed E-state index contributed by atoms with van der Waals surface area (Å²) in [4.78, 5) is 21.3. The Kier molecular flexibility index (Phi) is 4.76. The van der Waals surface area contributed by atoms with E-state index in [0.717, 1.165) is 6.08 Å². The lowest BCUT2D eigenvalue weighted by molar-refractivity contribution is -0.149. The molecule has 0 amide bonds. The molecule has 0 aromatic rings. The van der Waals surface area contributed by atoms with Crippen LogP contribution in [0.1, 0.15) is 13.3 Å². The van der Waals surface area contributed by atoms with Gasteiger partial charge in [0.05, 0.1) is 13.5 Å². The fraction of sp³-hybridized carbons (Fsp3) is 0.500. The SMILES string of the molecule is C=CC(=O)OC(C)CC(=O)OC. The largest absolute Gasteiger partial charge is 0.469 e. The zero-order valence-electron chi connectivity index (χ0n) is 7.20. The average Bonchev–Trinajstić information content (AvgIpc) is 2.03. The fourth-order valence-electron chi connectivity index (χ4n) is 0.606. The molecule has 0 aromatic carbocycles. The quantitative estimate of drug-likeness (QED) is 0.462. The maximum atomic E-state index is 10.7. The first-order valence-electron chi connectivity index (χ1n) is 3.50. The smallest absolute Gasteiger partial charge is 0.330 e. The first-order valence-corrected chi connectivity index (χ1v) is 3.50. The Bertz CT molecular complexity index is 185. The van der Waals surface area contributed by atoms with Crippen molar-refractivity contribution >= 4 is 11.9 Å². The topological polar surface area (TPSA) is 52.6 Å². The zero-order chi connectivity index (χ0) is 9.56. The predicted octanol–water partition coefficient (Wildman–Crippen LogP) is 0.667. The van der Waals surface area contributed by atoms with Crippen LogP contribution in [0.2, 0.25) is 0 Å². The van der Waals surface area contributed by atoms with Gasteiger partial charge >= 0.3 is 11.9 Å². The van der Waals surface area contributed by atoms with Gasteiger partial charge in [0.2, 0.25) is 0 Å². The predicted molar refractivity (Wildman–Crippen MR) is 42.4 cm³/mol. The molecule has 0 rings (SSSR count). The maximum absolute atomic E-state index is 10.7. The summed E-state index contributed by atoms with van der Waals surface area (Å²) in [5.41, 5.74) is 0. The van der Waals surface area contributed by atoms with E-state index in [2.05, 4.69) is 11.3 Å². The Labute approximate surface area is 71.2 Å². The van der Waals surface area contributed by atoms with E-state index in [-0.39, 0.29) is 6.42 Å². The molecule has 0 spiro atoms. The Hall–Kier alpha value is -1.32. The van der Waals surface area contributed by atoms with Crippen molar-refractivity contribution in [2.75, 3.05) is 7.11 Å². The van der Waals surface area contributed by atoms with Crippen LogP contribution in [0, 0.1) is 0 Å². The molecule has 0 fully saturated rings. The van der Waals surface area contributed by atoms with Crippen LogP contribution < -0.4 is 0 Å². The fourth-order valence-corrected chi connectivity index (χ4v) is 0.606. The maximum Gasteiger partial charge on any atom is 0.330 e. The summed E-state index contributed by atoms with van der Waals surface area (Å²) in [7, 11) is 1.28. The van der Waals surface area contributed by atoms with Crippen LogP contribution in [-0.4, -0.2) is 25.2 Å². The highest BCUT2D eigenvalue weighted by Crippen LogP contribution is 1.99. The van der Waals surface area contributed by atoms with Crippen molar-refractivity contribution < 1.29 is 19.1 Å². The van der Waals surface area contributed by atoms with Gasteiger partial charge in [0.15, 0.2) is 0 Å². The van der Waals surface area contributed by atoms with Gasteiger partial charge in [0.25, 0.3) is 0 Å². The van der Waals surface area contributed by atoms with Crippen molar-refractivity contribution in [1.29, 1.82) is 0 Å². The van der Waals surface area contributed by atoms with E-state index in [9.17, 15) is 9.59 Å².